The van der Waals surface area contributed by atoms with Gasteiger partial charge in [-0.15, -0.1) is 11.3 Å². The molecule has 4 rings (SSSR count). The monoisotopic (exact) mass is 512 g/mol. The van der Waals surface area contributed by atoms with E-state index in [1.807, 2.05) is 18.3 Å². The molecule has 4 aromatic rings. The second-order valence-corrected chi connectivity index (χ2v) is 9.71. The van der Waals surface area contributed by atoms with Gasteiger partial charge in [0.2, 0.25) is 0 Å². The van der Waals surface area contributed by atoms with Crippen LogP contribution in [0, 0.1) is 6.92 Å². The number of thiazole rings is 1. The summed E-state index contributed by atoms with van der Waals surface area (Å²) in [4.78, 5) is 41.6. The molecule has 0 aliphatic heterocycles. The van der Waals surface area contributed by atoms with Crippen molar-refractivity contribution in [3.05, 3.63) is 62.9 Å². The molecule has 12 heteroatoms. The zero-order valence-corrected chi connectivity index (χ0v) is 20.5. The van der Waals surface area contributed by atoms with E-state index in [1.54, 1.807) is 24.4 Å². The first-order valence-corrected chi connectivity index (χ1v) is 12.6. The van der Waals surface area contributed by atoms with Crippen LogP contribution in [0.15, 0.2) is 41.9 Å². The Morgan fingerprint density at radius 3 is 2.80 bits per heavy atom. The molecule has 0 bridgehead atoms. The van der Waals surface area contributed by atoms with E-state index in [0.29, 0.717) is 27.1 Å². The van der Waals surface area contributed by atoms with Crippen molar-refractivity contribution in [1.82, 2.24) is 25.8 Å². The number of benzene rings is 1. The Morgan fingerprint density at radius 2 is 2.03 bits per heavy atom. The minimum Gasteiger partial charge on any atom is -0.480 e. The number of aryl methyl sites for hydroxylation is 2. The smallest absolute Gasteiger partial charge is 0.328 e. The molecule has 182 valence electrons. The summed E-state index contributed by atoms with van der Waals surface area (Å²) < 4.78 is 0. The normalized spacial score (nSPS) is 11.8. The summed E-state index contributed by atoms with van der Waals surface area (Å²) in [5, 5.41) is 28.2. The molecule has 0 saturated heterocycles. The molecule has 3 heterocycles. The molecule has 3 aromatic heterocycles. The fraction of sp³-hybridized carbons (Fsp3) is 0.261. The Hall–Kier alpha value is -3.77. The number of amides is 2. The lowest BCUT2D eigenvalue weighted by Gasteiger charge is -2.14. The van der Waals surface area contributed by atoms with Crippen LogP contribution in [0.25, 0.3) is 10.9 Å². The van der Waals surface area contributed by atoms with Crippen molar-refractivity contribution in [2.45, 2.75) is 25.8 Å². The summed E-state index contributed by atoms with van der Waals surface area (Å²) >= 11 is 2.42. The van der Waals surface area contributed by atoms with Gasteiger partial charge in [-0.2, -0.15) is 5.10 Å². The van der Waals surface area contributed by atoms with Gasteiger partial charge in [0.15, 0.2) is 5.13 Å². The lowest BCUT2D eigenvalue weighted by Crippen LogP contribution is -2.48. The first kappa shape index (κ1) is 24.4. The maximum atomic E-state index is 12.7. The molecule has 0 aliphatic rings. The molecule has 1 atom stereocenters. The van der Waals surface area contributed by atoms with Gasteiger partial charge in [0.1, 0.15) is 10.9 Å². The number of carboxylic acid groups (broad SMARTS) is 1. The van der Waals surface area contributed by atoms with Gasteiger partial charge in [-0.3, -0.25) is 14.7 Å². The van der Waals surface area contributed by atoms with E-state index in [9.17, 15) is 19.5 Å². The number of thiophene rings is 1. The minimum absolute atomic E-state index is 0.232. The van der Waals surface area contributed by atoms with Crippen molar-refractivity contribution in [2.75, 3.05) is 18.4 Å². The minimum atomic E-state index is -1.27. The van der Waals surface area contributed by atoms with Crippen LogP contribution in [0.5, 0.6) is 0 Å². The third-order valence-corrected chi connectivity index (χ3v) is 7.27. The van der Waals surface area contributed by atoms with Crippen LogP contribution in [0.4, 0.5) is 5.13 Å². The first-order chi connectivity index (χ1) is 16.9. The summed E-state index contributed by atoms with van der Waals surface area (Å²) in [7, 11) is 0. The molecule has 0 radical (unpaired) electrons. The number of aromatic amines is 1. The highest BCUT2D eigenvalue weighted by Crippen LogP contribution is 2.23. The second kappa shape index (κ2) is 11.1. The molecule has 0 unspecified atom stereocenters. The van der Waals surface area contributed by atoms with Gasteiger partial charge in [-0.25, -0.2) is 9.78 Å². The van der Waals surface area contributed by atoms with E-state index < -0.39 is 17.9 Å². The van der Waals surface area contributed by atoms with Crippen molar-refractivity contribution in [2.24, 2.45) is 0 Å². The highest BCUT2D eigenvalue weighted by molar-refractivity contribution is 7.17. The molecule has 0 fully saturated rings. The highest BCUT2D eigenvalue weighted by Gasteiger charge is 2.24. The van der Waals surface area contributed by atoms with E-state index >= 15 is 0 Å². The van der Waals surface area contributed by atoms with Crippen LogP contribution < -0.4 is 16.0 Å². The third-order valence-electron chi connectivity index (χ3n) is 5.29. The topological polar surface area (TPSA) is 149 Å². The van der Waals surface area contributed by atoms with Gasteiger partial charge in [0.05, 0.1) is 22.3 Å². The Balaban J connectivity index is 1.29. The molecule has 10 nitrogen and oxygen atoms in total. The number of carbonyl (C=O) groups is 3. The predicted molar refractivity (Wildman–Crippen MR) is 135 cm³/mol. The fourth-order valence-corrected chi connectivity index (χ4v) is 5.05. The number of nitrogens with zero attached hydrogens (tertiary/aromatic N) is 2. The van der Waals surface area contributed by atoms with E-state index in [2.05, 4.69) is 37.2 Å². The Morgan fingerprint density at radius 1 is 1.17 bits per heavy atom. The van der Waals surface area contributed by atoms with Crippen molar-refractivity contribution in [1.29, 1.82) is 0 Å². The number of carbonyl (C=O) groups excluding carboxylic acids is 2. The SMILES string of the molecule is Cc1nc(NCCCc2cccc3[nH]ncc23)sc1C(=O)N[C@@H](CNC(=O)c1cccs1)C(=O)O. The van der Waals surface area contributed by atoms with Crippen LogP contribution in [0.3, 0.4) is 0 Å². The number of anilines is 1. The van der Waals surface area contributed by atoms with E-state index in [4.69, 9.17) is 0 Å². The van der Waals surface area contributed by atoms with Crippen LogP contribution in [-0.2, 0) is 11.2 Å². The predicted octanol–water partition coefficient (Wildman–Crippen LogP) is 3.05. The average Bonchev–Trinajstić information content (AvgIpc) is 3.60. The maximum Gasteiger partial charge on any atom is 0.328 e. The fourth-order valence-electron chi connectivity index (χ4n) is 3.52. The molecule has 1 aromatic carbocycles. The van der Waals surface area contributed by atoms with Crippen molar-refractivity contribution < 1.29 is 19.5 Å². The highest BCUT2D eigenvalue weighted by atomic mass is 32.1. The van der Waals surface area contributed by atoms with Gasteiger partial charge >= 0.3 is 5.97 Å². The number of hydrogen-bond acceptors (Lipinski definition) is 8. The molecule has 2 amide bonds. The van der Waals surface area contributed by atoms with Crippen LogP contribution in [0.2, 0.25) is 0 Å². The number of nitrogens with one attached hydrogen (secondary N) is 4. The lowest BCUT2D eigenvalue weighted by atomic mass is 10.1. The number of carboxylic acids is 1. The summed E-state index contributed by atoms with van der Waals surface area (Å²) in [5.41, 5.74) is 2.72. The van der Waals surface area contributed by atoms with Gasteiger partial charge in [0.25, 0.3) is 11.8 Å². The van der Waals surface area contributed by atoms with E-state index in [-0.39, 0.29) is 12.5 Å². The number of aliphatic carboxylic acids is 1. The molecule has 0 saturated carbocycles. The molecular weight excluding hydrogens is 488 g/mol. The Labute approximate surface area is 208 Å². The first-order valence-electron chi connectivity index (χ1n) is 10.9. The van der Waals surface area contributed by atoms with Crippen molar-refractivity contribution in [3.63, 3.8) is 0 Å². The standard InChI is InChI=1S/C23H24N6O4S2/c1-13-19(21(31)28-17(22(32)33)12-25-20(30)18-8-4-10-34-18)35-23(27-13)24-9-3-6-14-5-2-7-16-15(14)11-26-29-16/h2,4-5,7-8,10-11,17H,3,6,9,12H2,1H3,(H,24,27)(H,25,30)(H,26,29)(H,28,31)(H,32,33)/t17-/m0/s1. The van der Waals surface area contributed by atoms with Crippen molar-refractivity contribution >= 4 is 56.5 Å². The van der Waals surface area contributed by atoms with E-state index in [0.717, 1.165) is 23.7 Å². The zero-order chi connectivity index (χ0) is 24.8. The number of aromatic nitrogens is 3. The summed E-state index contributed by atoms with van der Waals surface area (Å²) in [6, 6.07) is 8.16. The van der Waals surface area contributed by atoms with Crippen LogP contribution in [-0.4, -0.2) is 57.2 Å². The third kappa shape index (κ3) is 6.03. The van der Waals surface area contributed by atoms with Gasteiger partial charge in [-0.1, -0.05) is 29.5 Å². The van der Waals surface area contributed by atoms with Gasteiger partial charge in [0, 0.05) is 18.5 Å². The Kier molecular flexibility index (Phi) is 7.73. The summed E-state index contributed by atoms with van der Waals surface area (Å²) in [6.45, 7) is 2.13. The maximum absolute atomic E-state index is 12.7. The average molecular weight is 513 g/mol. The van der Waals surface area contributed by atoms with Gasteiger partial charge in [-0.05, 0) is 42.8 Å². The van der Waals surface area contributed by atoms with Crippen LogP contribution >= 0.6 is 22.7 Å². The molecular formula is C23H24N6O4S2. The molecule has 0 aliphatic carbocycles. The molecule has 0 spiro atoms. The zero-order valence-electron chi connectivity index (χ0n) is 18.8. The number of fused-ring (bicyclic) bond motifs is 1. The quantitative estimate of drug-likeness (QED) is 0.194. The molecule has 35 heavy (non-hydrogen) atoms. The van der Waals surface area contributed by atoms with E-state index in [1.165, 1.54) is 28.2 Å². The van der Waals surface area contributed by atoms with Gasteiger partial charge < -0.3 is 21.1 Å². The van der Waals surface area contributed by atoms with Crippen LogP contribution in [0.1, 0.15) is 37.0 Å². The lowest BCUT2D eigenvalue weighted by molar-refractivity contribution is -0.139. The summed E-state index contributed by atoms with van der Waals surface area (Å²) in [6.07, 6.45) is 3.54. The second-order valence-electron chi connectivity index (χ2n) is 7.76. The molecule has 5 N–H and O–H groups in total. The number of rotatable bonds is 11. The summed E-state index contributed by atoms with van der Waals surface area (Å²) in [5.74, 6) is -2.17. The number of hydrogen-bond donors (Lipinski definition) is 5. The Bertz CT molecular complexity index is 1330. The van der Waals surface area contributed by atoms with Crippen molar-refractivity contribution in [3.8, 4) is 0 Å². The number of H-pyrrole nitrogens is 1. The largest absolute Gasteiger partial charge is 0.480 e.